The molecule has 110 valence electrons. The highest BCUT2D eigenvalue weighted by Gasteiger charge is 2.13. The first-order valence-corrected chi connectivity index (χ1v) is 7.16. The number of carbonyl (C=O) groups excluding carboxylic acids is 2. The van der Waals surface area contributed by atoms with Gasteiger partial charge in [0.2, 0.25) is 5.91 Å². The van der Waals surface area contributed by atoms with E-state index in [0.29, 0.717) is 4.88 Å². The number of nitrogens with one attached hydrogen (secondary N) is 2. The SMILES string of the molecule is CCC(C)NC(=O)CCNC(=O)c1ccc(C(=O)O)s1. The van der Waals surface area contributed by atoms with Crippen molar-refractivity contribution in [3.05, 3.63) is 21.9 Å². The van der Waals surface area contributed by atoms with Crippen molar-refractivity contribution >= 4 is 29.1 Å². The van der Waals surface area contributed by atoms with Crippen molar-refractivity contribution in [2.75, 3.05) is 6.54 Å². The second kappa shape index (κ2) is 7.64. The van der Waals surface area contributed by atoms with E-state index >= 15 is 0 Å². The predicted molar refractivity (Wildman–Crippen MR) is 76.1 cm³/mol. The molecule has 1 aromatic rings. The molecule has 1 unspecified atom stereocenters. The lowest BCUT2D eigenvalue weighted by molar-refractivity contribution is -0.121. The summed E-state index contributed by atoms with van der Waals surface area (Å²) < 4.78 is 0. The molecule has 20 heavy (non-hydrogen) atoms. The van der Waals surface area contributed by atoms with Crippen LogP contribution in [0.15, 0.2) is 12.1 Å². The van der Waals surface area contributed by atoms with E-state index in [4.69, 9.17) is 5.11 Å². The van der Waals surface area contributed by atoms with Crippen LogP contribution in [0.25, 0.3) is 0 Å². The minimum Gasteiger partial charge on any atom is -0.477 e. The van der Waals surface area contributed by atoms with Gasteiger partial charge in [0.05, 0.1) is 4.88 Å². The summed E-state index contributed by atoms with van der Waals surface area (Å²) in [6.45, 7) is 4.11. The van der Waals surface area contributed by atoms with Gasteiger partial charge in [-0.3, -0.25) is 9.59 Å². The number of thiophene rings is 1. The Hall–Kier alpha value is -1.89. The fraction of sp³-hybridized carbons (Fsp3) is 0.462. The lowest BCUT2D eigenvalue weighted by atomic mass is 10.2. The van der Waals surface area contributed by atoms with Crippen molar-refractivity contribution < 1.29 is 19.5 Å². The molecule has 0 radical (unpaired) electrons. The number of carboxylic acids is 1. The van der Waals surface area contributed by atoms with E-state index in [-0.39, 0.29) is 35.7 Å². The van der Waals surface area contributed by atoms with Crippen molar-refractivity contribution in [2.24, 2.45) is 0 Å². The Morgan fingerprint density at radius 2 is 1.95 bits per heavy atom. The number of aromatic carboxylic acids is 1. The van der Waals surface area contributed by atoms with Gasteiger partial charge in [0, 0.05) is 19.0 Å². The molecule has 1 atom stereocenters. The fourth-order valence-electron chi connectivity index (χ4n) is 1.40. The van der Waals surface area contributed by atoms with Gasteiger partial charge in [-0.1, -0.05) is 6.92 Å². The monoisotopic (exact) mass is 298 g/mol. The number of rotatable bonds is 7. The molecule has 0 aliphatic rings. The molecule has 0 aromatic carbocycles. The Bertz CT molecular complexity index is 498. The molecular formula is C13H18N2O4S. The standard InChI is InChI=1S/C13H18N2O4S/c1-3-8(2)15-11(16)6-7-14-12(17)9-4-5-10(20-9)13(18)19/h4-5,8H,3,6-7H2,1-2H3,(H,14,17)(H,15,16)(H,18,19). The molecule has 1 rings (SSSR count). The van der Waals surface area contributed by atoms with Crippen LogP contribution in [0.1, 0.15) is 46.0 Å². The minimum atomic E-state index is -1.05. The fourth-order valence-corrected chi connectivity index (χ4v) is 2.16. The second-order valence-electron chi connectivity index (χ2n) is 4.35. The summed E-state index contributed by atoms with van der Waals surface area (Å²) in [5.41, 5.74) is 0. The van der Waals surface area contributed by atoms with Crippen LogP contribution in [0.2, 0.25) is 0 Å². The first-order valence-electron chi connectivity index (χ1n) is 6.34. The van der Waals surface area contributed by atoms with Gasteiger partial charge in [-0.25, -0.2) is 4.79 Å². The van der Waals surface area contributed by atoms with E-state index in [9.17, 15) is 14.4 Å². The van der Waals surface area contributed by atoms with Gasteiger partial charge >= 0.3 is 5.97 Å². The zero-order chi connectivity index (χ0) is 15.1. The Morgan fingerprint density at radius 1 is 1.30 bits per heavy atom. The van der Waals surface area contributed by atoms with Crippen molar-refractivity contribution in [1.29, 1.82) is 0 Å². The van der Waals surface area contributed by atoms with Crippen LogP contribution >= 0.6 is 11.3 Å². The van der Waals surface area contributed by atoms with Crippen LogP contribution in [-0.4, -0.2) is 35.5 Å². The minimum absolute atomic E-state index is 0.114. The molecule has 0 saturated heterocycles. The van der Waals surface area contributed by atoms with Crippen molar-refractivity contribution in [1.82, 2.24) is 10.6 Å². The Kier molecular flexibility index (Phi) is 6.17. The first kappa shape index (κ1) is 16.2. The smallest absolute Gasteiger partial charge is 0.345 e. The third kappa shape index (κ3) is 5.00. The molecule has 0 aliphatic carbocycles. The van der Waals surface area contributed by atoms with Gasteiger partial charge < -0.3 is 15.7 Å². The maximum absolute atomic E-state index is 11.7. The van der Waals surface area contributed by atoms with Crippen LogP contribution in [0.3, 0.4) is 0 Å². The number of hydrogen-bond donors (Lipinski definition) is 3. The van der Waals surface area contributed by atoms with Crippen LogP contribution in [0, 0.1) is 0 Å². The second-order valence-corrected chi connectivity index (χ2v) is 5.44. The first-order chi connectivity index (χ1) is 9.43. The Balaban J connectivity index is 2.36. The molecule has 0 spiro atoms. The number of amides is 2. The summed E-state index contributed by atoms with van der Waals surface area (Å²) >= 11 is 0.910. The van der Waals surface area contributed by atoms with Crippen molar-refractivity contribution in [3.8, 4) is 0 Å². The van der Waals surface area contributed by atoms with Gasteiger partial charge in [-0.15, -0.1) is 11.3 Å². The number of hydrogen-bond acceptors (Lipinski definition) is 4. The van der Waals surface area contributed by atoms with E-state index in [1.807, 2.05) is 13.8 Å². The van der Waals surface area contributed by atoms with Crippen LogP contribution in [-0.2, 0) is 4.79 Å². The molecule has 3 N–H and O–H groups in total. The van der Waals surface area contributed by atoms with Crippen molar-refractivity contribution in [3.63, 3.8) is 0 Å². The van der Waals surface area contributed by atoms with E-state index < -0.39 is 5.97 Å². The van der Waals surface area contributed by atoms with E-state index in [1.54, 1.807) is 0 Å². The Labute approximate surface area is 121 Å². The van der Waals surface area contributed by atoms with E-state index in [0.717, 1.165) is 17.8 Å². The van der Waals surface area contributed by atoms with Gasteiger partial charge in [0.1, 0.15) is 4.88 Å². The van der Waals surface area contributed by atoms with Gasteiger partial charge in [-0.2, -0.15) is 0 Å². The van der Waals surface area contributed by atoms with E-state index in [2.05, 4.69) is 10.6 Å². The maximum Gasteiger partial charge on any atom is 0.345 e. The molecule has 7 heteroatoms. The third-order valence-electron chi connectivity index (χ3n) is 2.70. The molecule has 0 saturated carbocycles. The highest BCUT2D eigenvalue weighted by atomic mass is 32.1. The summed E-state index contributed by atoms with van der Waals surface area (Å²) in [4.78, 5) is 34.3. The summed E-state index contributed by atoms with van der Waals surface area (Å²) in [6, 6.07) is 2.97. The number of carbonyl (C=O) groups is 3. The van der Waals surface area contributed by atoms with Gasteiger partial charge in [0.25, 0.3) is 5.91 Å². The summed E-state index contributed by atoms with van der Waals surface area (Å²) in [7, 11) is 0. The normalized spacial score (nSPS) is 11.7. The van der Waals surface area contributed by atoms with Crippen molar-refractivity contribution in [2.45, 2.75) is 32.7 Å². The molecule has 0 aliphatic heterocycles. The maximum atomic E-state index is 11.7. The molecule has 0 fully saturated rings. The van der Waals surface area contributed by atoms with Gasteiger partial charge in [-0.05, 0) is 25.5 Å². The molecule has 2 amide bonds. The zero-order valence-corrected chi connectivity index (χ0v) is 12.3. The van der Waals surface area contributed by atoms with E-state index in [1.165, 1.54) is 12.1 Å². The average molecular weight is 298 g/mol. The quantitative estimate of drug-likeness (QED) is 0.710. The predicted octanol–water partition coefficient (Wildman–Crippen LogP) is 1.48. The summed E-state index contributed by atoms with van der Waals surface area (Å²) in [5.74, 6) is -1.53. The third-order valence-corrected chi connectivity index (χ3v) is 3.77. The molecular weight excluding hydrogens is 280 g/mol. The number of carboxylic acid groups (broad SMARTS) is 1. The highest BCUT2D eigenvalue weighted by molar-refractivity contribution is 7.15. The summed E-state index contributed by atoms with van der Waals surface area (Å²) in [6.07, 6.45) is 1.05. The molecule has 0 bridgehead atoms. The van der Waals surface area contributed by atoms with Crippen LogP contribution in [0.5, 0.6) is 0 Å². The highest BCUT2D eigenvalue weighted by Crippen LogP contribution is 2.16. The average Bonchev–Trinajstić information content (AvgIpc) is 2.88. The lowest BCUT2D eigenvalue weighted by Gasteiger charge is -2.11. The largest absolute Gasteiger partial charge is 0.477 e. The van der Waals surface area contributed by atoms with Crippen LogP contribution in [0.4, 0.5) is 0 Å². The van der Waals surface area contributed by atoms with Gasteiger partial charge in [0.15, 0.2) is 0 Å². The zero-order valence-electron chi connectivity index (χ0n) is 11.4. The molecule has 6 nitrogen and oxygen atoms in total. The molecule has 1 heterocycles. The summed E-state index contributed by atoms with van der Waals surface area (Å²) in [5, 5.41) is 14.1. The van der Waals surface area contributed by atoms with Crippen LogP contribution < -0.4 is 10.6 Å². The lowest BCUT2D eigenvalue weighted by Crippen LogP contribution is -2.35. The topological polar surface area (TPSA) is 95.5 Å². The Morgan fingerprint density at radius 3 is 2.50 bits per heavy atom. The molecule has 1 aromatic heterocycles.